The molecule has 0 atom stereocenters. The van der Waals surface area contributed by atoms with Crippen LogP contribution in [0.2, 0.25) is 0 Å². The molecule has 0 radical (unpaired) electrons. The molecule has 0 spiro atoms. The summed E-state index contributed by atoms with van der Waals surface area (Å²) in [7, 11) is 0. The highest BCUT2D eigenvalue weighted by Crippen LogP contribution is 2.18. The monoisotopic (exact) mass is 254 g/mol. The smallest absolute Gasteiger partial charge is 0.138 e. The van der Waals surface area contributed by atoms with E-state index in [1.54, 1.807) is 0 Å². The topological polar surface area (TPSA) is 48.9 Å². The van der Waals surface area contributed by atoms with Gasteiger partial charge in [0.25, 0.3) is 0 Å². The Bertz CT molecular complexity index is 191. The number of hydrogen-bond donors (Lipinski definition) is 2. The maximum Gasteiger partial charge on any atom is 0.138 e. The number of H-pyrrole nitrogens is 1. The van der Waals surface area contributed by atoms with Gasteiger partial charge in [-0.25, -0.2) is 4.98 Å². The van der Waals surface area contributed by atoms with Crippen LogP contribution in [0.3, 0.4) is 0 Å². The normalized spacial score (nSPS) is 10.1. The number of imidazole rings is 1. The lowest BCUT2D eigenvalue weighted by Gasteiger charge is -1.80. The molecular weight excluding hydrogens is 252 g/mol. The Labute approximate surface area is 68.8 Å². The molecule has 1 aromatic heterocycles. The lowest BCUT2D eigenvalue weighted by molar-refractivity contribution is 0.272. The van der Waals surface area contributed by atoms with Gasteiger partial charge in [0, 0.05) is 0 Å². The van der Waals surface area contributed by atoms with Crippen molar-refractivity contribution in [3.8, 4) is 0 Å². The molecule has 0 aliphatic heterocycles. The molecule has 0 aliphatic rings. The standard InChI is InChI=1S/C4H4Br2N2O/c5-3-4(6)8-2(1-9)7-3/h9H,1H2,(H,7,8). The molecule has 0 aromatic carbocycles. The van der Waals surface area contributed by atoms with Crippen LogP contribution in [-0.4, -0.2) is 15.1 Å². The summed E-state index contributed by atoms with van der Waals surface area (Å²) in [5.41, 5.74) is 0. The highest BCUT2D eigenvalue weighted by atomic mass is 79.9. The van der Waals surface area contributed by atoms with Crippen LogP contribution in [0.25, 0.3) is 0 Å². The Balaban J connectivity index is 2.98. The van der Waals surface area contributed by atoms with Gasteiger partial charge in [0.1, 0.15) is 21.6 Å². The van der Waals surface area contributed by atoms with Crippen LogP contribution < -0.4 is 0 Å². The van der Waals surface area contributed by atoms with Crippen molar-refractivity contribution in [3.63, 3.8) is 0 Å². The fourth-order valence-electron chi connectivity index (χ4n) is 0.449. The second kappa shape index (κ2) is 2.81. The summed E-state index contributed by atoms with van der Waals surface area (Å²) in [6.07, 6.45) is 0. The minimum absolute atomic E-state index is 0.0653. The maximum atomic E-state index is 8.54. The zero-order valence-electron chi connectivity index (χ0n) is 4.36. The van der Waals surface area contributed by atoms with E-state index in [2.05, 4.69) is 41.8 Å². The van der Waals surface area contributed by atoms with Gasteiger partial charge in [-0.1, -0.05) is 0 Å². The number of hydrogen-bond acceptors (Lipinski definition) is 2. The molecule has 1 rings (SSSR count). The number of nitrogens with zero attached hydrogens (tertiary/aromatic N) is 1. The van der Waals surface area contributed by atoms with Crippen LogP contribution in [0.4, 0.5) is 0 Å². The van der Waals surface area contributed by atoms with Crippen molar-refractivity contribution < 1.29 is 5.11 Å². The molecule has 0 amide bonds. The minimum Gasteiger partial charge on any atom is -0.388 e. The predicted molar refractivity (Wildman–Crippen MR) is 39.9 cm³/mol. The van der Waals surface area contributed by atoms with E-state index in [1.165, 1.54) is 0 Å². The fraction of sp³-hybridized carbons (Fsp3) is 0.250. The van der Waals surface area contributed by atoms with Crippen molar-refractivity contribution in [1.29, 1.82) is 0 Å². The average molecular weight is 256 g/mol. The molecule has 0 saturated carbocycles. The van der Waals surface area contributed by atoms with E-state index < -0.39 is 0 Å². The third kappa shape index (κ3) is 1.53. The largest absolute Gasteiger partial charge is 0.388 e. The average Bonchev–Trinajstić information content (AvgIpc) is 2.13. The first kappa shape index (κ1) is 7.24. The first-order valence-corrected chi connectivity index (χ1v) is 3.83. The molecule has 50 valence electrons. The molecule has 2 N–H and O–H groups in total. The van der Waals surface area contributed by atoms with Crippen molar-refractivity contribution in [2.45, 2.75) is 6.61 Å². The highest BCUT2D eigenvalue weighted by molar-refractivity contribution is 9.13. The van der Waals surface area contributed by atoms with Gasteiger partial charge >= 0.3 is 0 Å². The molecule has 0 fully saturated rings. The molecule has 0 unspecified atom stereocenters. The van der Waals surface area contributed by atoms with E-state index in [0.29, 0.717) is 10.4 Å². The lowest BCUT2D eigenvalue weighted by Crippen LogP contribution is -1.83. The Kier molecular flexibility index (Phi) is 2.26. The van der Waals surface area contributed by atoms with Crippen molar-refractivity contribution >= 4 is 31.9 Å². The van der Waals surface area contributed by atoms with Gasteiger partial charge in [-0.05, 0) is 31.9 Å². The van der Waals surface area contributed by atoms with E-state index in [1.807, 2.05) is 0 Å². The molecular formula is C4H4Br2N2O. The van der Waals surface area contributed by atoms with Crippen LogP contribution in [-0.2, 0) is 6.61 Å². The van der Waals surface area contributed by atoms with E-state index in [0.717, 1.165) is 4.60 Å². The summed E-state index contributed by atoms with van der Waals surface area (Å²) in [6.45, 7) is -0.0653. The maximum absolute atomic E-state index is 8.54. The van der Waals surface area contributed by atoms with E-state index in [4.69, 9.17) is 5.11 Å². The number of aliphatic hydroxyl groups excluding tert-OH is 1. The fourth-order valence-corrected chi connectivity index (χ4v) is 1.08. The van der Waals surface area contributed by atoms with Crippen molar-refractivity contribution in [3.05, 3.63) is 15.0 Å². The van der Waals surface area contributed by atoms with Crippen LogP contribution in [0.1, 0.15) is 5.82 Å². The van der Waals surface area contributed by atoms with Gasteiger partial charge in [0.05, 0.1) is 0 Å². The third-order valence-electron chi connectivity index (χ3n) is 0.818. The Hall–Kier alpha value is 0.130. The predicted octanol–water partition coefficient (Wildman–Crippen LogP) is 1.43. The van der Waals surface area contributed by atoms with Gasteiger partial charge in [0.2, 0.25) is 0 Å². The molecule has 3 nitrogen and oxygen atoms in total. The lowest BCUT2D eigenvalue weighted by atomic mass is 10.7. The van der Waals surface area contributed by atoms with Crippen LogP contribution in [0.5, 0.6) is 0 Å². The minimum atomic E-state index is -0.0653. The van der Waals surface area contributed by atoms with Gasteiger partial charge in [-0.15, -0.1) is 0 Å². The van der Waals surface area contributed by atoms with Gasteiger partial charge in [0.15, 0.2) is 0 Å². The van der Waals surface area contributed by atoms with Crippen molar-refractivity contribution in [2.24, 2.45) is 0 Å². The molecule has 0 bridgehead atoms. The van der Waals surface area contributed by atoms with Gasteiger partial charge in [-0.2, -0.15) is 0 Å². The number of aromatic amines is 1. The van der Waals surface area contributed by atoms with E-state index >= 15 is 0 Å². The van der Waals surface area contributed by atoms with E-state index in [9.17, 15) is 0 Å². The molecule has 0 aliphatic carbocycles. The molecule has 1 heterocycles. The zero-order chi connectivity index (χ0) is 6.85. The first-order valence-electron chi connectivity index (χ1n) is 2.24. The van der Waals surface area contributed by atoms with Crippen molar-refractivity contribution in [2.75, 3.05) is 0 Å². The Morgan fingerprint density at radius 3 is 2.44 bits per heavy atom. The molecule has 9 heavy (non-hydrogen) atoms. The number of halogens is 2. The Morgan fingerprint density at radius 1 is 1.56 bits per heavy atom. The van der Waals surface area contributed by atoms with E-state index in [-0.39, 0.29) is 6.61 Å². The van der Waals surface area contributed by atoms with Crippen LogP contribution in [0.15, 0.2) is 9.21 Å². The molecule has 5 heteroatoms. The molecule has 1 aromatic rings. The second-order valence-electron chi connectivity index (χ2n) is 1.45. The summed E-state index contributed by atoms with van der Waals surface area (Å²) in [5, 5.41) is 8.54. The van der Waals surface area contributed by atoms with Crippen molar-refractivity contribution in [1.82, 2.24) is 9.97 Å². The number of aromatic nitrogens is 2. The van der Waals surface area contributed by atoms with Crippen LogP contribution in [0, 0.1) is 0 Å². The first-order chi connectivity index (χ1) is 4.24. The number of nitrogens with one attached hydrogen (secondary N) is 1. The number of aliphatic hydroxyl groups is 1. The summed E-state index contributed by atoms with van der Waals surface area (Å²) in [4.78, 5) is 6.70. The Morgan fingerprint density at radius 2 is 2.22 bits per heavy atom. The summed E-state index contributed by atoms with van der Waals surface area (Å²) in [5.74, 6) is 0.550. The quantitative estimate of drug-likeness (QED) is 0.798. The SMILES string of the molecule is OCc1nc(Br)c(Br)[nH]1. The number of rotatable bonds is 1. The summed E-state index contributed by atoms with van der Waals surface area (Å²) in [6, 6.07) is 0. The summed E-state index contributed by atoms with van der Waals surface area (Å²) >= 11 is 6.34. The zero-order valence-corrected chi connectivity index (χ0v) is 7.53. The highest BCUT2D eigenvalue weighted by Gasteiger charge is 2.01. The van der Waals surface area contributed by atoms with Gasteiger partial charge in [-0.3, -0.25) is 0 Å². The van der Waals surface area contributed by atoms with Crippen LogP contribution >= 0.6 is 31.9 Å². The van der Waals surface area contributed by atoms with Gasteiger partial charge < -0.3 is 10.1 Å². The third-order valence-corrected chi connectivity index (χ3v) is 2.50. The summed E-state index contributed by atoms with van der Waals surface area (Å²) < 4.78 is 1.44. The second-order valence-corrected chi connectivity index (χ2v) is 2.99. The molecule has 0 saturated heterocycles.